The van der Waals surface area contributed by atoms with E-state index in [2.05, 4.69) is 91.0 Å². The molecule has 1 saturated heterocycles. The van der Waals surface area contributed by atoms with E-state index < -0.39 is 221 Å². The van der Waals surface area contributed by atoms with Crippen molar-refractivity contribution < 1.29 is 115 Å². The van der Waals surface area contributed by atoms with Crippen molar-refractivity contribution in [3.05, 3.63) is 35.9 Å². The fraction of sp³-hybridized carbons (Fsp3) is 0.725. The van der Waals surface area contributed by atoms with E-state index in [1.807, 2.05) is 0 Å². The lowest BCUT2D eigenvalue weighted by Crippen LogP contribution is -2.61. The fourth-order valence-electron chi connectivity index (χ4n) is 12.8. The van der Waals surface area contributed by atoms with E-state index in [-0.39, 0.29) is 168 Å². The van der Waals surface area contributed by atoms with Crippen LogP contribution in [-0.4, -0.2) is 240 Å². The molecule has 0 radical (unpaired) electrons. The highest BCUT2D eigenvalue weighted by Gasteiger charge is 2.39. The van der Waals surface area contributed by atoms with Gasteiger partial charge in [-0.3, -0.25) is 52.7 Å². The molecule has 1 aliphatic rings. The molecule has 1 aromatic carbocycles. The Morgan fingerprint density at radius 2 is 0.511 bits per heavy atom. The highest BCUT2D eigenvalue weighted by molar-refractivity contribution is 6.00. The molecule has 17 N–H and O–H groups in total. The Labute approximate surface area is 771 Å². The Balaban J connectivity index is 3.32. The number of carboxylic acid groups (broad SMARTS) is 1. The average Bonchev–Trinajstić information content (AvgIpc) is 0.850. The average molecular weight is 1850 g/mol. The van der Waals surface area contributed by atoms with Crippen molar-refractivity contribution in [2.24, 2.45) is 5.92 Å². The molecule has 740 valence electrons. The van der Waals surface area contributed by atoms with Crippen molar-refractivity contribution in [3.8, 4) is 12.3 Å². The quantitative estimate of drug-likeness (QED) is 0.0177. The lowest BCUT2D eigenvalue weighted by Gasteiger charge is -2.29. The predicted octanol–water partition coefficient (Wildman–Crippen LogP) is 7.19. The van der Waals surface area contributed by atoms with Gasteiger partial charge in [0.25, 0.3) is 0 Å². The number of alkyl carbamates (subject to hydrolysis) is 6. The molecule has 16 amide bonds. The van der Waals surface area contributed by atoms with Crippen LogP contribution >= 0.6 is 0 Å². The van der Waals surface area contributed by atoms with Crippen LogP contribution in [0, 0.1) is 18.3 Å². The summed E-state index contributed by atoms with van der Waals surface area (Å²) < 4.78 is 32.5. The number of hydrogen-bond donors (Lipinski definition) is 17. The van der Waals surface area contributed by atoms with Gasteiger partial charge < -0.3 is 119 Å². The third-order valence-electron chi connectivity index (χ3n) is 18.8. The number of hydrogen-bond acceptors (Lipinski definition) is 23. The summed E-state index contributed by atoms with van der Waals surface area (Å²) in [6.45, 7) is 33.5. The summed E-state index contributed by atoms with van der Waals surface area (Å²) in [5, 5.41) is 53.1. The molecular weight excluding hydrogens is 1700 g/mol. The first-order chi connectivity index (χ1) is 60.9. The molecule has 0 bridgehead atoms. The van der Waals surface area contributed by atoms with E-state index in [0.29, 0.717) is 5.56 Å². The molecule has 131 heavy (non-hydrogen) atoms. The summed E-state index contributed by atoms with van der Waals surface area (Å²) in [4.78, 5) is 242. The molecule has 40 heteroatoms. The maximum Gasteiger partial charge on any atom is 0.407 e. The van der Waals surface area contributed by atoms with Gasteiger partial charge >= 0.3 is 42.5 Å². The third kappa shape index (κ3) is 55.4. The van der Waals surface area contributed by atoms with Crippen LogP contribution in [0.1, 0.15) is 285 Å². The molecule has 40 nitrogen and oxygen atoms in total. The number of rotatable bonds is 38. The van der Waals surface area contributed by atoms with Gasteiger partial charge in [-0.25, -0.2) is 28.8 Å². The van der Waals surface area contributed by atoms with E-state index in [4.69, 9.17) is 34.8 Å². The normalized spacial score (nSPS) is 20.2. The number of aliphatic carboxylic acids is 1. The van der Waals surface area contributed by atoms with E-state index in [1.54, 1.807) is 169 Å². The smallest absolute Gasteiger partial charge is 0.407 e. The minimum atomic E-state index is -1.80. The van der Waals surface area contributed by atoms with Gasteiger partial charge in [-0.2, -0.15) is 0 Å². The first kappa shape index (κ1) is 116. The fourth-order valence-corrected chi connectivity index (χ4v) is 12.8. The summed E-state index contributed by atoms with van der Waals surface area (Å²) in [6.07, 6.45) is -0.887. The topological polar surface area (TPSA) is 558 Å². The lowest BCUT2D eigenvalue weighted by molar-refractivity contribution is -0.139. The van der Waals surface area contributed by atoms with Crippen molar-refractivity contribution in [1.29, 1.82) is 0 Å². The highest BCUT2D eigenvalue weighted by Crippen LogP contribution is 2.19. The van der Waals surface area contributed by atoms with Crippen LogP contribution in [0.4, 0.5) is 28.8 Å². The zero-order valence-corrected chi connectivity index (χ0v) is 80.7. The molecule has 1 fully saturated rings. The number of ether oxygens (including phenoxy) is 6. The summed E-state index contributed by atoms with van der Waals surface area (Å²) in [5.41, 5.74) is -4.74. The number of carbonyl (C=O) groups is 17. The van der Waals surface area contributed by atoms with Gasteiger partial charge in [0.2, 0.25) is 59.1 Å². The summed E-state index contributed by atoms with van der Waals surface area (Å²) in [7, 11) is 0. The lowest BCUT2D eigenvalue weighted by atomic mass is 10.00. The van der Waals surface area contributed by atoms with Gasteiger partial charge in [0.05, 0.1) is 0 Å². The van der Waals surface area contributed by atoms with Gasteiger partial charge in [0, 0.05) is 58.5 Å². The molecule has 0 aromatic heterocycles. The van der Waals surface area contributed by atoms with Crippen molar-refractivity contribution in [3.63, 3.8) is 0 Å². The second-order valence-electron chi connectivity index (χ2n) is 38.8. The largest absolute Gasteiger partial charge is 0.481 e. The molecule has 0 spiro atoms. The minimum Gasteiger partial charge on any atom is -0.481 e. The van der Waals surface area contributed by atoms with Crippen LogP contribution in [-0.2, 0) is 87.6 Å². The monoisotopic (exact) mass is 1850 g/mol. The maximum absolute atomic E-state index is 15.5. The van der Waals surface area contributed by atoms with Crippen molar-refractivity contribution in [1.82, 2.24) is 85.1 Å². The van der Waals surface area contributed by atoms with Crippen molar-refractivity contribution >= 4 is 102 Å². The first-order valence-corrected chi connectivity index (χ1v) is 45.4. The number of unbranched alkanes of at least 4 members (excludes halogenated alkanes) is 6. The van der Waals surface area contributed by atoms with Crippen LogP contribution in [0.2, 0.25) is 0 Å². The summed E-state index contributed by atoms with van der Waals surface area (Å²) in [6, 6.07) is -7.99. The van der Waals surface area contributed by atoms with Crippen molar-refractivity contribution in [2.75, 3.05) is 39.3 Å². The summed E-state index contributed by atoms with van der Waals surface area (Å²) in [5.74, 6) is -9.63. The predicted molar refractivity (Wildman–Crippen MR) is 488 cm³/mol. The molecule has 10 atom stereocenters. The number of terminal acetylenes is 1. The van der Waals surface area contributed by atoms with Gasteiger partial charge in [-0.15, -0.1) is 12.3 Å². The van der Waals surface area contributed by atoms with E-state index in [1.165, 1.54) is 0 Å². The SMILES string of the molecule is C#CC[C@@H]1NC(=O)[C@H](CCCCNC(=O)OC(C)(C)C)NC(=O)[C@H](CCCCNC(=O)OC(C)(C)C)NC(=O)[C@H](CCC(=O)O)NC(=O)[C@H](CC(C)C)NC(=O)[C@H](CCCCNC(=O)OC(C)(C)C)NC(=O)[C@H](CCCCNC(=O)OC(C)(C)C)NC(=O)[C@H](Cc2ccccc2)NC(=O)[C@H](CCCCNC(=O)OC(C)(C)C)NC(=O)[C@H](CCCCNC(=O)OC(C)(C)C)NC1=O. The van der Waals surface area contributed by atoms with E-state index >= 15 is 47.9 Å². The Kier molecular flexibility index (Phi) is 50.9. The maximum atomic E-state index is 15.5. The molecule has 1 heterocycles. The van der Waals surface area contributed by atoms with Crippen LogP contribution < -0.4 is 85.1 Å². The number of nitrogens with one attached hydrogen (secondary N) is 16. The second kappa shape index (κ2) is 57.7. The Hall–Kier alpha value is -11.4. The molecule has 0 aliphatic carbocycles. The zero-order valence-electron chi connectivity index (χ0n) is 80.7. The van der Waals surface area contributed by atoms with Gasteiger partial charge in [-0.05, 0) is 265 Å². The summed E-state index contributed by atoms with van der Waals surface area (Å²) >= 11 is 0. The van der Waals surface area contributed by atoms with Gasteiger partial charge in [0.1, 0.15) is 94.0 Å². The van der Waals surface area contributed by atoms with Crippen molar-refractivity contribution in [2.45, 2.75) is 380 Å². The molecule has 1 aliphatic heterocycles. The minimum absolute atomic E-state index is 0.00132. The third-order valence-corrected chi connectivity index (χ3v) is 18.8. The van der Waals surface area contributed by atoms with Gasteiger partial charge in [0.15, 0.2) is 0 Å². The van der Waals surface area contributed by atoms with Crippen LogP contribution in [0.15, 0.2) is 30.3 Å². The van der Waals surface area contributed by atoms with Crippen LogP contribution in [0.25, 0.3) is 0 Å². The Morgan fingerprint density at radius 1 is 0.313 bits per heavy atom. The number of benzene rings is 1. The number of carbonyl (C=O) groups excluding carboxylic acids is 16. The zero-order chi connectivity index (χ0) is 99.0. The molecule has 1 aromatic rings. The molecule has 0 unspecified atom stereocenters. The molecule has 0 saturated carbocycles. The molecular formula is C91H152N16O24. The van der Waals surface area contributed by atoms with Crippen LogP contribution in [0.3, 0.4) is 0 Å². The van der Waals surface area contributed by atoms with Gasteiger partial charge in [-0.1, -0.05) is 44.2 Å². The highest BCUT2D eigenvalue weighted by atomic mass is 16.6. The van der Waals surface area contributed by atoms with E-state index in [9.17, 15) is 38.7 Å². The first-order valence-electron chi connectivity index (χ1n) is 45.4. The van der Waals surface area contributed by atoms with Crippen LogP contribution in [0.5, 0.6) is 0 Å². The number of carboxylic acids is 1. The number of amides is 16. The van der Waals surface area contributed by atoms with E-state index in [0.717, 1.165) is 0 Å². The Bertz CT molecular complexity index is 3910. The standard InChI is InChI=1S/C91H152N16O24/c1-22-38-59-70(110)99-61(42-27-33-50-93-81(121)127-87(7,8)9)72(112)102-65(46-31-37-54-97-85(125)131-91(19,20)21)76(116)107-68(56-58-39-24-23-25-40-58)79(119)104-63(44-29-35-52-95-83(123)129-89(13,14)15)74(114)101-64(45-30-36-53-96-84(124)130-90(16,17)18)75(115)106-67(55-57(2)3)78(118)105-66(47-48-69(108)109)77(117)103-62(43-28-34-51-94-82(122)128-88(10,11)12)73(113)100-60(71(111)98-59)41-26-32-49-92-80(120)126-86(4,5)6/h1,23-25,39-40,57,59-68H,26-38,41-56H2,2-21H3,(H,92,120)(H,93,121)(H,94,122)(H,95,123)(H,96,124)(H,97,125)(H,98,111)(H,99,110)(H,100,113)(H,101,114)(H,102,112)(H,103,117)(H,104,119)(H,105,118)(H,106,115)(H,107,116)(H,108,109)/t59-,60-,61-,62-,63-,64-,65-,66-,67-,68-/m0/s1. The second-order valence-corrected chi connectivity index (χ2v) is 38.8. The Morgan fingerprint density at radius 3 is 0.733 bits per heavy atom. The molecule has 2 rings (SSSR count).